The van der Waals surface area contributed by atoms with E-state index in [-0.39, 0.29) is 24.8 Å². The number of hydrogen-bond donors (Lipinski definition) is 1. The lowest BCUT2D eigenvalue weighted by atomic mass is 10.2. The van der Waals surface area contributed by atoms with Crippen molar-refractivity contribution in [2.75, 3.05) is 37.7 Å². The number of amides is 1. The molecule has 0 aliphatic carbocycles. The van der Waals surface area contributed by atoms with Gasteiger partial charge in [-0.1, -0.05) is 0 Å². The van der Waals surface area contributed by atoms with E-state index in [1.165, 1.54) is 12.1 Å². The van der Waals surface area contributed by atoms with Gasteiger partial charge in [0, 0.05) is 38.3 Å². The summed E-state index contributed by atoms with van der Waals surface area (Å²) in [5.74, 6) is -0.244. The van der Waals surface area contributed by atoms with Crippen molar-refractivity contribution in [3.63, 3.8) is 0 Å². The molecule has 1 aromatic rings. The van der Waals surface area contributed by atoms with Crippen LogP contribution in [0.15, 0.2) is 24.3 Å². The molecule has 0 aromatic heterocycles. The lowest BCUT2D eigenvalue weighted by molar-refractivity contribution is -0.132. The highest BCUT2D eigenvalue weighted by atomic mass is 19.1. The average Bonchev–Trinajstić information content (AvgIpc) is 2.40. The monoisotopic (exact) mass is 252 g/mol. The quantitative estimate of drug-likeness (QED) is 0.867. The maximum Gasteiger partial charge on any atom is 0.225 e. The second kappa shape index (κ2) is 5.82. The fourth-order valence-corrected chi connectivity index (χ4v) is 2.12. The van der Waals surface area contributed by atoms with Crippen LogP contribution in [0.1, 0.15) is 6.42 Å². The fourth-order valence-electron chi connectivity index (χ4n) is 2.12. The Morgan fingerprint density at radius 1 is 1.17 bits per heavy atom. The minimum atomic E-state index is -0.240. The standard InChI is InChI=1S/C13H17FN2O2/c14-11-1-3-12(4-2-11)15-6-8-16(9-7-15)13(18)5-10-17/h1-4,17H,5-10H2. The van der Waals surface area contributed by atoms with E-state index in [4.69, 9.17) is 5.11 Å². The summed E-state index contributed by atoms with van der Waals surface area (Å²) in [7, 11) is 0. The molecular weight excluding hydrogens is 235 g/mol. The van der Waals surface area contributed by atoms with Crippen molar-refractivity contribution >= 4 is 11.6 Å². The first-order valence-electron chi connectivity index (χ1n) is 6.10. The van der Waals surface area contributed by atoms with Gasteiger partial charge >= 0.3 is 0 Å². The van der Waals surface area contributed by atoms with E-state index in [2.05, 4.69) is 4.90 Å². The number of nitrogens with zero attached hydrogens (tertiary/aromatic N) is 2. The van der Waals surface area contributed by atoms with Crippen molar-refractivity contribution in [1.82, 2.24) is 4.90 Å². The number of benzene rings is 1. The van der Waals surface area contributed by atoms with Gasteiger partial charge in [0.2, 0.25) is 5.91 Å². The van der Waals surface area contributed by atoms with Gasteiger partial charge in [0.1, 0.15) is 5.82 Å². The first-order valence-corrected chi connectivity index (χ1v) is 6.10. The first kappa shape index (κ1) is 12.8. The van der Waals surface area contributed by atoms with Gasteiger partial charge in [-0.25, -0.2) is 4.39 Å². The molecule has 0 saturated carbocycles. The number of carbonyl (C=O) groups excluding carboxylic acids is 1. The Morgan fingerprint density at radius 3 is 2.33 bits per heavy atom. The van der Waals surface area contributed by atoms with E-state index in [1.807, 2.05) is 0 Å². The van der Waals surface area contributed by atoms with Gasteiger partial charge in [0.15, 0.2) is 0 Å². The molecule has 18 heavy (non-hydrogen) atoms. The number of halogens is 1. The number of piperazine rings is 1. The van der Waals surface area contributed by atoms with Crippen LogP contribution in [0.3, 0.4) is 0 Å². The highest BCUT2D eigenvalue weighted by molar-refractivity contribution is 5.76. The van der Waals surface area contributed by atoms with E-state index < -0.39 is 0 Å². The lowest BCUT2D eigenvalue weighted by Crippen LogP contribution is -2.48. The van der Waals surface area contributed by atoms with Gasteiger partial charge in [-0.05, 0) is 24.3 Å². The second-order valence-corrected chi connectivity index (χ2v) is 4.32. The summed E-state index contributed by atoms with van der Waals surface area (Å²) in [5.41, 5.74) is 0.977. The van der Waals surface area contributed by atoms with Gasteiger partial charge in [-0.2, -0.15) is 0 Å². The zero-order valence-corrected chi connectivity index (χ0v) is 10.2. The van der Waals surface area contributed by atoms with Crippen LogP contribution >= 0.6 is 0 Å². The summed E-state index contributed by atoms with van der Waals surface area (Å²) in [5, 5.41) is 8.73. The van der Waals surface area contributed by atoms with Crippen molar-refractivity contribution in [1.29, 1.82) is 0 Å². The zero-order valence-electron chi connectivity index (χ0n) is 10.2. The van der Waals surface area contributed by atoms with E-state index in [0.29, 0.717) is 13.1 Å². The highest BCUT2D eigenvalue weighted by Crippen LogP contribution is 2.17. The van der Waals surface area contributed by atoms with Crippen molar-refractivity contribution in [3.05, 3.63) is 30.1 Å². The van der Waals surface area contributed by atoms with E-state index >= 15 is 0 Å². The Bertz CT molecular complexity index is 400. The van der Waals surface area contributed by atoms with Crippen LogP contribution in [0.5, 0.6) is 0 Å². The SMILES string of the molecule is O=C(CCO)N1CCN(c2ccc(F)cc2)CC1. The smallest absolute Gasteiger partial charge is 0.225 e. The van der Waals surface area contributed by atoms with E-state index in [9.17, 15) is 9.18 Å². The molecule has 2 rings (SSSR count). The molecule has 0 bridgehead atoms. The highest BCUT2D eigenvalue weighted by Gasteiger charge is 2.20. The minimum Gasteiger partial charge on any atom is -0.396 e. The van der Waals surface area contributed by atoms with Gasteiger partial charge in [0.05, 0.1) is 6.61 Å². The largest absolute Gasteiger partial charge is 0.396 e. The first-order chi connectivity index (χ1) is 8.70. The molecule has 1 aromatic carbocycles. The molecule has 4 nitrogen and oxygen atoms in total. The van der Waals surface area contributed by atoms with Crippen LogP contribution < -0.4 is 4.90 Å². The second-order valence-electron chi connectivity index (χ2n) is 4.32. The molecule has 5 heteroatoms. The number of aliphatic hydroxyl groups is 1. The zero-order chi connectivity index (χ0) is 13.0. The van der Waals surface area contributed by atoms with Crippen LogP contribution in [-0.4, -0.2) is 48.7 Å². The molecule has 1 amide bonds. The number of anilines is 1. The Labute approximate surface area is 106 Å². The Hall–Kier alpha value is -1.62. The predicted octanol–water partition coefficient (Wildman–Crippen LogP) is 0.857. The summed E-state index contributed by atoms with van der Waals surface area (Å²) in [6, 6.07) is 6.39. The predicted molar refractivity (Wildman–Crippen MR) is 66.9 cm³/mol. The molecule has 1 aliphatic rings. The number of rotatable bonds is 3. The molecular formula is C13H17FN2O2. The summed E-state index contributed by atoms with van der Waals surface area (Å²) in [6.45, 7) is 2.68. The van der Waals surface area contributed by atoms with Gasteiger partial charge in [0.25, 0.3) is 0 Å². The van der Waals surface area contributed by atoms with E-state index in [1.54, 1.807) is 17.0 Å². The van der Waals surface area contributed by atoms with Gasteiger partial charge in [-0.15, -0.1) is 0 Å². The number of aliphatic hydroxyl groups excluding tert-OH is 1. The van der Waals surface area contributed by atoms with Gasteiger partial charge in [-0.3, -0.25) is 4.79 Å². The normalized spacial score (nSPS) is 15.9. The van der Waals surface area contributed by atoms with Crippen LogP contribution in [-0.2, 0) is 4.79 Å². The molecule has 0 unspecified atom stereocenters. The average molecular weight is 252 g/mol. The summed E-state index contributed by atoms with van der Waals surface area (Å²) in [6.07, 6.45) is 0.191. The Balaban J connectivity index is 1.90. The molecule has 0 atom stereocenters. The maximum atomic E-state index is 12.8. The van der Waals surface area contributed by atoms with Crippen LogP contribution in [0.2, 0.25) is 0 Å². The van der Waals surface area contributed by atoms with Crippen LogP contribution in [0.25, 0.3) is 0 Å². The van der Waals surface area contributed by atoms with Crippen LogP contribution in [0.4, 0.5) is 10.1 Å². The molecule has 0 radical (unpaired) electrons. The number of hydrogen-bond acceptors (Lipinski definition) is 3. The molecule has 1 N–H and O–H groups in total. The maximum absolute atomic E-state index is 12.8. The Kier molecular flexibility index (Phi) is 4.15. The minimum absolute atomic E-state index is 0.00347. The van der Waals surface area contributed by atoms with Crippen molar-refractivity contribution in [3.8, 4) is 0 Å². The molecule has 0 spiro atoms. The van der Waals surface area contributed by atoms with E-state index in [0.717, 1.165) is 18.8 Å². The van der Waals surface area contributed by atoms with Gasteiger partial charge < -0.3 is 14.9 Å². The molecule has 1 saturated heterocycles. The third-order valence-corrected chi connectivity index (χ3v) is 3.15. The third kappa shape index (κ3) is 2.98. The van der Waals surface area contributed by atoms with Crippen molar-refractivity contribution < 1.29 is 14.3 Å². The topological polar surface area (TPSA) is 43.8 Å². The lowest BCUT2D eigenvalue weighted by Gasteiger charge is -2.36. The van der Waals surface area contributed by atoms with Crippen molar-refractivity contribution in [2.24, 2.45) is 0 Å². The third-order valence-electron chi connectivity index (χ3n) is 3.15. The molecule has 98 valence electrons. The number of carbonyl (C=O) groups is 1. The molecule has 1 aliphatic heterocycles. The fraction of sp³-hybridized carbons (Fsp3) is 0.462. The van der Waals surface area contributed by atoms with Crippen molar-refractivity contribution in [2.45, 2.75) is 6.42 Å². The Morgan fingerprint density at radius 2 is 1.78 bits per heavy atom. The molecule has 1 fully saturated rings. The summed E-state index contributed by atoms with van der Waals surface area (Å²) >= 11 is 0. The van der Waals surface area contributed by atoms with Crippen LogP contribution in [0, 0.1) is 5.82 Å². The molecule has 1 heterocycles. The summed E-state index contributed by atoms with van der Waals surface area (Å²) < 4.78 is 12.8. The summed E-state index contributed by atoms with van der Waals surface area (Å²) in [4.78, 5) is 15.5.